The van der Waals surface area contributed by atoms with E-state index in [9.17, 15) is 0 Å². The fourth-order valence-electron chi connectivity index (χ4n) is 9.18. The zero-order valence-corrected chi connectivity index (χ0v) is 32.6. The van der Waals surface area contributed by atoms with Crippen molar-refractivity contribution in [1.82, 2.24) is 0 Å². The summed E-state index contributed by atoms with van der Waals surface area (Å²) in [6.07, 6.45) is 11.7. The average molecular weight is 752 g/mol. The van der Waals surface area contributed by atoms with Crippen molar-refractivity contribution in [2.75, 3.05) is 4.90 Å². The first-order valence-electron chi connectivity index (χ1n) is 20.6. The predicted molar refractivity (Wildman–Crippen MR) is 251 cm³/mol. The minimum Gasteiger partial charge on any atom is -0.310 e. The molecule has 0 radical (unpaired) electrons. The maximum Gasteiger partial charge on any atom is 0.0468 e. The molecule has 0 aliphatic heterocycles. The standard InChI is InChI=1S/C58H41N/c1-3-11-42(12-4-1)55-36-35-52(39-58(55)43-13-5-2-6-14-43)59(50-31-27-40(28-32-50)48-25-23-46-21-19-44-15-7-9-17-53(44)56(46)37-48)51-33-29-41(30-34-51)49-26-24-47-22-20-45-16-8-10-18-54(45)57(47)38-49/h1-39,46,56H. The van der Waals surface area contributed by atoms with Crippen LogP contribution < -0.4 is 4.90 Å². The summed E-state index contributed by atoms with van der Waals surface area (Å²) in [7, 11) is 0. The van der Waals surface area contributed by atoms with Gasteiger partial charge in [-0.2, -0.15) is 0 Å². The van der Waals surface area contributed by atoms with Crippen LogP contribution >= 0.6 is 0 Å². The zero-order chi connectivity index (χ0) is 39.1. The van der Waals surface area contributed by atoms with Gasteiger partial charge in [-0.1, -0.05) is 194 Å². The minimum absolute atomic E-state index is 0.340. The highest BCUT2D eigenvalue weighted by Crippen LogP contribution is 2.44. The van der Waals surface area contributed by atoms with Crippen molar-refractivity contribution in [3.8, 4) is 33.4 Å². The summed E-state index contributed by atoms with van der Waals surface area (Å²) >= 11 is 0. The number of nitrogens with zero attached hydrogens (tertiary/aromatic N) is 1. The van der Waals surface area contributed by atoms with Gasteiger partial charge in [-0.15, -0.1) is 0 Å². The molecule has 1 nitrogen and oxygen atoms in total. The second-order valence-corrected chi connectivity index (χ2v) is 15.7. The number of rotatable bonds is 7. The van der Waals surface area contributed by atoms with Crippen LogP contribution in [0.2, 0.25) is 0 Å². The van der Waals surface area contributed by atoms with Gasteiger partial charge in [-0.05, 0) is 120 Å². The van der Waals surface area contributed by atoms with Gasteiger partial charge in [-0.25, -0.2) is 0 Å². The number of fused-ring (bicyclic) bond motifs is 6. The van der Waals surface area contributed by atoms with Gasteiger partial charge >= 0.3 is 0 Å². The topological polar surface area (TPSA) is 3.24 Å². The molecule has 0 fully saturated rings. The highest BCUT2D eigenvalue weighted by Gasteiger charge is 2.26. The fourth-order valence-corrected chi connectivity index (χ4v) is 9.18. The molecule has 0 aromatic heterocycles. The van der Waals surface area contributed by atoms with E-state index < -0.39 is 0 Å². The van der Waals surface area contributed by atoms with Crippen LogP contribution in [0.4, 0.5) is 17.1 Å². The molecule has 2 aliphatic carbocycles. The molecule has 2 atom stereocenters. The largest absolute Gasteiger partial charge is 0.310 e. The zero-order valence-electron chi connectivity index (χ0n) is 32.6. The third-order valence-electron chi connectivity index (χ3n) is 12.2. The van der Waals surface area contributed by atoms with E-state index in [-0.39, 0.29) is 0 Å². The molecule has 59 heavy (non-hydrogen) atoms. The fraction of sp³-hybridized carbons (Fsp3) is 0.0345. The molecule has 0 amide bonds. The third kappa shape index (κ3) is 6.48. The van der Waals surface area contributed by atoms with E-state index in [2.05, 4.69) is 242 Å². The maximum absolute atomic E-state index is 2.46. The average Bonchev–Trinajstić information content (AvgIpc) is 3.32. The molecule has 2 aliphatic rings. The van der Waals surface area contributed by atoms with Crippen LogP contribution in [-0.2, 0) is 0 Å². The van der Waals surface area contributed by atoms with Crippen molar-refractivity contribution in [2.45, 2.75) is 5.92 Å². The van der Waals surface area contributed by atoms with E-state index in [1.54, 1.807) is 0 Å². The van der Waals surface area contributed by atoms with Gasteiger partial charge in [0.25, 0.3) is 0 Å². The Morgan fingerprint density at radius 2 is 0.932 bits per heavy atom. The van der Waals surface area contributed by atoms with Crippen molar-refractivity contribution in [3.63, 3.8) is 0 Å². The van der Waals surface area contributed by atoms with E-state index >= 15 is 0 Å². The molecule has 0 N–H and O–H groups in total. The smallest absolute Gasteiger partial charge is 0.0468 e. The monoisotopic (exact) mass is 751 g/mol. The van der Waals surface area contributed by atoms with E-state index in [1.165, 1.54) is 77.2 Å². The number of hydrogen-bond acceptors (Lipinski definition) is 1. The summed E-state index contributed by atoms with van der Waals surface area (Å²) in [5.74, 6) is 0.727. The first-order valence-corrected chi connectivity index (χ1v) is 20.6. The van der Waals surface area contributed by atoms with Gasteiger partial charge in [-0.3, -0.25) is 0 Å². The molecule has 0 spiro atoms. The second kappa shape index (κ2) is 14.8. The van der Waals surface area contributed by atoms with Crippen LogP contribution in [0, 0.1) is 5.92 Å². The van der Waals surface area contributed by atoms with Gasteiger partial charge < -0.3 is 4.90 Å². The van der Waals surface area contributed by atoms with Crippen molar-refractivity contribution in [1.29, 1.82) is 0 Å². The minimum atomic E-state index is 0.340. The second-order valence-electron chi connectivity index (χ2n) is 15.7. The Balaban J connectivity index is 1.01. The van der Waals surface area contributed by atoms with Gasteiger partial charge in [0, 0.05) is 28.9 Å². The van der Waals surface area contributed by atoms with Crippen molar-refractivity contribution >= 4 is 50.3 Å². The number of allylic oxidation sites excluding steroid dienone is 5. The molecule has 1 heteroatoms. The predicted octanol–water partition coefficient (Wildman–Crippen LogP) is 15.8. The molecular weight excluding hydrogens is 711 g/mol. The van der Waals surface area contributed by atoms with E-state index in [0.29, 0.717) is 11.8 Å². The Hall–Kier alpha value is -7.48. The third-order valence-corrected chi connectivity index (χ3v) is 12.2. The number of anilines is 3. The first kappa shape index (κ1) is 34.7. The van der Waals surface area contributed by atoms with Crippen LogP contribution in [0.1, 0.15) is 22.6 Å². The molecule has 0 bridgehead atoms. The molecule has 2 unspecified atom stereocenters. The Bertz CT molecular complexity index is 3080. The van der Waals surface area contributed by atoms with Crippen LogP contribution in [0.5, 0.6) is 0 Å². The summed E-state index contributed by atoms with van der Waals surface area (Å²) in [6, 6.07) is 75.3. The lowest BCUT2D eigenvalue weighted by molar-refractivity contribution is 0.694. The summed E-state index contributed by atoms with van der Waals surface area (Å²) in [5.41, 5.74) is 15.7. The number of hydrogen-bond donors (Lipinski definition) is 0. The summed E-state index contributed by atoms with van der Waals surface area (Å²) < 4.78 is 0. The van der Waals surface area contributed by atoms with E-state index in [0.717, 1.165) is 17.1 Å². The Labute approximate surface area is 346 Å². The molecule has 9 aromatic rings. The van der Waals surface area contributed by atoms with Gasteiger partial charge in [0.15, 0.2) is 0 Å². The van der Waals surface area contributed by atoms with Gasteiger partial charge in [0.05, 0.1) is 0 Å². The molecule has 11 rings (SSSR count). The Kier molecular flexibility index (Phi) is 8.71. The van der Waals surface area contributed by atoms with Crippen LogP contribution in [-0.4, -0.2) is 0 Å². The van der Waals surface area contributed by atoms with Gasteiger partial charge in [0.1, 0.15) is 0 Å². The molecule has 9 aromatic carbocycles. The summed E-state index contributed by atoms with van der Waals surface area (Å²) in [4.78, 5) is 2.39. The van der Waals surface area contributed by atoms with Gasteiger partial charge in [0.2, 0.25) is 0 Å². The molecule has 0 heterocycles. The van der Waals surface area contributed by atoms with Crippen LogP contribution in [0.3, 0.4) is 0 Å². The van der Waals surface area contributed by atoms with Crippen molar-refractivity contribution in [2.24, 2.45) is 5.92 Å². The van der Waals surface area contributed by atoms with Crippen LogP contribution in [0.15, 0.2) is 231 Å². The quantitative estimate of drug-likeness (QED) is 0.147. The lowest BCUT2D eigenvalue weighted by Crippen LogP contribution is -2.14. The highest BCUT2D eigenvalue weighted by molar-refractivity contribution is 6.08. The van der Waals surface area contributed by atoms with Crippen LogP contribution in [0.25, 0.3) is 66.6 Å². The van der Waals surface area contributed by atoms with Crippen molar-refractivity contribution < 1.29 is 0 Å². The Morgan fingerprint density at radius 1 is 0.356 bits per heavy atom. The summed E-state index contributed by atoms with van der Waals surface area (Å²) in [6.45, 7) is 0. The lowest BCUT2D eigenvalue weighted by atomic mass is 9.75. The van der Waals surface area contributed by atoms with E-state index in [1.807, 2.05) is 0 Å². The SMILES string of the molecule is C1=CC2C=Cc3ccccc3C2C=C1c1ccc(N(c2ccc(-c3ccc4ccc5ccccc5c4c3)cc2)c2ccc(-c3ccccc3)c(-c3ccccc3)c2)cc1. The molecule has 0 saturated carbocycles. The van der Waals surface area contributed by atoms with E-state index in [4.69, 9.17) is 0 Å². The maximum atomic E-state index is 2.46. The lowest BCUT2D eigenvalue weighted by Gasteiger charge is -2.29. The van der Waals surface area contributed by atoms with Crippen molar-refractivity contribution in [3.05, 3.63) is 247 Å². The molecule has 0 saturated heterocycles. The molecular formula is C58H41N. The highest BCUT2D eigenvalue weighted by atomic mass is 15.1. The molecule has 278 valence electrons. The first-order chi connectivity index (χ1) is 29.2. The Morgan fingerprint density at radius 3 is 1.69 bits per heavy atom. The summed E-state index contributed by atoms with van der Waals surface area (Å²) in [5, 5.41) is 5.08. The normalized spacial score (nSPS) is 15.4. The number of benzene rings is 9.